The molecule has 1 aliphatic carbocycles. The van der Waals surface area contributed by atoms with Crippen molar-refractivity contribution >= 4 is 39.6 Å². The molecule has 46 heavy (non-hydrogen) atoms. The molecule has 3 rings (SSSR count). The van der Waals surface area contributed by atoms with Crippen LogP contribution >= 0.6 is 15.9 Å². The van der Waals surface area contributed by atoms with E-state index >= 15 is 0 Å². The summed E-state index contributed by atoms with van der Waals surface area (Å²) in [6, 6.07) is 8.44. The van der Waals surface area contributed by atoms with Crippen LogP contribution in [0.25, 0.3) is 0 Å². The number of carbonyl (C=O) groups is 4. The SMILES string of the molecule is CC(C)[C@H](NC(=O)[C@@H](N)CNC(=O)c1cc(O)ccc1O)C(=O)N[C@@H](CC1CCCCC1)C(=O)NC(C)(C)Cc1ccc(Br)cc1. The minimum atomic E-state index is -1.21. The highest BCUT2D eigenvalue weighted by Gasteiger charge is 2.33. The Morgan fingerprint density at radius 2 is 1.59 bits per heavy atom. The van der Waals surface area contributed by atoms with Crippen LogP contribution < -0.4 is 27.0 Å². The molecule has 2 aromatic rings. The number of carbonyl (C=O) groups excluding carboxylic acids is 4. The zero-order chi connectivity index (χ0) is 34.0. The maximum Gasteiger partial charge on any atom is 0.255 e. The number of phenols is 2. The van der Waals surface area contributed by atoms with Gasteiger partial charge in [-0.25, -0.2) is 0 Å². The number of hydrogen-bond acceptors (Lipinski definition) is 7. The summed E-state index contributed by atoms with van der Waals surface area (Å²) in [5.41, 5.74) is 6.35. The summed E-state index contributed by atoms with van der Waals surface area (Å²) < 4.78 is 0.972. The lowest BCUT2D eigenvalue weighted by atomic mass is 9.84. The van der Waals surface area contributed by atoms with Gasteiger partial charge in [0.15, 0.2) is 0 Å². The second-order valence-corrected chi connectivity index (χ2v) is 14.1. The van der Waals surface area contributed by atoms with E-state index in [2.05, 4.69) is 37.2 Å². The summed E-state index contributed by atoms with van der Waals surface area (Å²) in [4.78, 5) is 52.9. The van der Waals surface area contributed by atoms with Crippen LogP contribution in [0.2, 0.25) is 0 Å². The van der Waals surface area contributed by atoms with E-state index in [0.29, 0.717) is 18.8 Å². The first kappa shape index (κ1) is 36.8. The van der Waals surface area contributed by atoms with Crippen LogP contribution in [0.3, 0.4) is 0 Å². The molecule has 0 saturated heterocycles. The molecule has 1 fully saturated rings. The maximum absolute atomic E-state index is 13.7. The number of phenolic OH excluding ortho intramolecular Hbond substituents is 2. The molecule has 0 spiro atoms. The molecule has 0 aliphatic heterocycles. The highest BCUT2D eigenvalue weighted by Crippen LogP contribution is 2.28. The third-order valence-corrected chi connectivity index (χ3v) is 8.77. The molecule has 0 heterocycles. The van der Waals surface area contributed by atoms with Crippen molar-refractivity contribution in [1.29, 1.82) is 0 Å². The Morgan fingerprint density at radius 3 is 2.22 bits per heavy atom. The van der Waals surface area contributed by atoms with Gasteiger partial charge in [-0.15, -0.1) is 0 Å². The van der Waals surface area contributed by atoms with Crippen molar-refractivity contribution in [3.63, 3.8) is 0 Å². The fourth-order valence-electron chi connectivity index (χ4n) is 5.72. The smallest absolute Gasteiger partial charge is 0.255 e. The lowest BCUT2D eigenvalue weighted by Gasteiger charge is -2.33. The second-order valence-electron chi connectivity index (χ2n) is 13.2. The van der Waals surface area contributed by atoms with Gasteiger partial charge in [-0.3, -0.25) is 19.2 Å². The topological polar surface area (TPSA) is 183 Å². The predicted octanol–water partition coefficient (Wildman–Crippen LogP) is 3.65. The van der Waals surface area contributed by atoms with Gasteiger partial charge in [-0.05, 0) is 74.4 Å². The van der Waals surface area contributed by atoms with E-state index in [1.165, 1.54) is 12.1 Å². The predicted molar refractivity (Wildman–Crippen MR) is 180 cm³/mol. The normalized spacial score (nSPS) is 15.8. The zero-order valence-electron chi connectivity index (χ0n) is 27.1. The number of aromatic hydroxyl groups is 2. The molecule has 12 heteroatoms. The lowest BCUT2D eigenvalue weighted by molar-refractivity contribution is -0.134. The van der Waals surface area contributed by atoms with Crippen LogP contribution in [-0.2, 0) is 20.8 Å². The third-order valence-electron chi connectivity index (χ3n) is 8.24. The maximum atomic E-state index is 13.7. The van der Waals surface area contributed by atoms with E-state index in [-0.39, 0.29) is 35.4 Å². The van der Waals surface area contributed by atoms with Crippen LogP contribution in [0.1, 0.15) is 82.1 Å². The summed E-state index contributed by atoms with van der Waals surface area (Å²) in [6.07, 6.45) is 6.42. The van der Waals surface area contributed by atoms with Crippen LogP contribution in [0.4, 0.5) is 0 Å². The molecule has 11 nitrogen and oxygen atoms in total. The highest BCUT2D eigenvalue weighted by atomic mass is 79.9. The molecule has 3 atom stereocenters. The summed E-state index contributed by atoms with van der Waals surface area (Å²) in [7, 11) is 0. The fraction of sp³-hybridized carbons (Fsp3) is 0.529. The molecule has 1 saturated carbocycles. The van der Waals surface area contributed by atoms with Crippen molar-refractivity contribution in [2.45, 2.75) is 96.3 Å². The van der Waals surface area contributed by atoms with Crippen LogP contribution in [-0.4, -0.2) is 64.1 Å². The Hall–Kier alpha value is -3.64. The van der Waals surface area contributed by atoms with Crippen molar-refractivity contribution in [2.24, 2.45) is 17.6 Å². The molecule has 2 aromatic carbocycles. The molecular formula is C34H48BrN5O6. The quantitative estimate of drug-likeness (QED) is 0.147. The largest absolute Gasteiger partial charge is 0.508 e. The van der Waals surface area contributed by atoms with E-state index in [4.69, 9.17) is 5.73 Å². The van der Waals surface area contributed by atoms with Gasteiger partial charge in [0.25, 0.3) is 5.91 Å². The van der Waals surface area contributed by atoms with E-state index in [0.717, 1.165) is 48.2 Å². The van der Waals surface area contributed by atoms with Crippen molar-refractivity contribution in [3.8, 4) is 11.5 Å². The van der Waals surface area contributed by atoms with Gasteiger partial charge in [-0.1, -0.05) is 74.0 Å². The van der Waals surface area contributed by atoms with Crippen molar-refractivity contribution in [1.82, 2.24) is 21.3 Å². The van der Waals surface area contributed by atoms with E-state index in [1.807, 2.05) is 38.1 Å². The number of hydrogen-bond donors (Lipinski definition) is 7. The minimum absolute atomic E-state index is 0.172. The van der Waals surface area contributed by atoms with Gasteiger partial charge in [0, 0.05) is 16.6 Å². The molecule has 0 aromatic heterocycles. The Bertz CT molecular complexity index is 1360. The number of halogens is 1. The molecule has 8 N–H and O–H groups in total. The summed E-state index contributed by atoms with van der Waals surface area (Å²) >= 11 is 3.45. The van der Waals surface area contributed by atoms with Gasteiger partial charge in [0.1, 0.15) is 29.6 Å². The third kappa shape index (κ3) is 11.3. The standard InChI is InChI=1S/C34H48BrN5O6/c1-20(2)29(39-31(44)26(36)19-37-30(43)25-17-24(41)14-15-28(25)42)33(46)38-27(16-21-8-6-5-7-9-21)32(45)40-34(3,4)18-22-10-12-23(35)13-11-22/h10-15,17,20-21,26-27,29,41-42H,5-9,16,18-19,36H2,1-4H3,(H,37,43)(H,38,46)(H,39,44)(H,40,45)/t26-,27-,29-/m0/s1. The van der Waals surface area contributed by atoms with E-state index < -0.39 is 41.4 Å². The molecule has 0 unspecified atom stereocenters. The minimum Gasteiger partial charge on any atom is -0.508 e. The van der Waals surface area contributed by atoms with Crippen molar-refractivity contribution in [2.75, 3.05) is 6.54 Å². The second kappa shape index (κ2) is 16.8. The molecule has 4 amide bonds. The fourth-order valence-corrected chi connectivity index (χ4v) is 5.98. The van der Waals surface area contributed by atoms with E-state index in [9.17, 15) is 29.4 Å². The highest BCUT2D eigenvalue weighted by molar-refractivity contribution is 9.10. The number of benzene rings is 2. The van der Waals surface area contributed by atoms with Crippen LogP contribution in [0, 0.1) is 11.8 Å². The monoisotopic (exact) mass is 701 g/mol. The van der Waals surface area contributed by atoms with Gasteiger partial charge < -0.3 is 37.2 Å². The number of nitrogens with two attached hydrogens (primary N) is 1. The van der Waals surface area contributed by atoms with Crippen molar-refractivity contribution in [3.05, 3.63) is 58.1 Å². The van der Waals surface area contributed by atoms with Gasteiger partial charge >= 0.3 is 0 Å². The molecule has 0 bridgehead atoms. The Labute approximate surface area is 279 Å². The van der Waals surface area contributed by atoms with Crippen molar-refractivity contribution < 1.29 is 29.4 Å². The Kier molecular flexibility index (Phi) is 13.4. The average molecular weight is 703 g/mol. The van der Waals surface area contributed by atoms with E-state index in [1.54, 1.807) is 13.8 Å². The number of nitrogens with one attached hydrogen (secondary N) is 4. The lowest BCUT2D eigenvalue weighted by Crippen LogP contribution is -2.60. The Morgan fingerprint density at radius 1 is 0.935 bits per heavy atom. The molecule has 0 radical (unpaired) electrons. The molecular weight excluding hydrogens is 654 g/mol. The first-order valence-corrected chi connectivity index (χ1v) is 16.7. The number of rotatable bonds is 14. The first-order valence-electron chi connectivity index (χ1n) is 15.9. The summed E-state index contributed by atoms with van der Waals surface area (Å²) in [5.74, 6) is -2.74. The Balaban J connectivity index is 1.66. The summed E-state index contributed by atoms with van der Waals surface area (Å²) in [5, 5.41) is 30.8. The van der Waals surface area contributed by atoms with Crippen LogP contribution in [0.15, 0.2) is 46.9 Å². The van der Waals surface area contributed by atoms with Gasteiger partial charge in [-0.2, -0.15) is 0 Å². The molecule has 252 valence electrons. The van der Waals surface area contributed by atoms with Crippen LogP contribution in [0.5, 0.6) is 11.5 Å². The van der Waals surface area contributed by atoms with Gasteiger partial charge in [0.05, 0.1) is 5.56 Å². The first-order chi connectivity index (χ1) is 21.6. The van der Waals surface area contributed by atoms with Gasteiger partial charge in [0.2, 0.25) is 17.7 Å². The zero-order valence-corrected chi connectivity index (χ0v) is 28.7. The average Bonchev–Trinajstić information content (AvgIpc) is 3.00. The molecule has 1 aliphatic rings. The number of amides is 4. The summed E-state index contributed by atoms with van der Waals surface area (Å²) in [6.45, 7) is 7.17.